The van der Waals surface area contributed by atoms with Crippen molar-refractivity contribution in [1.82, 2.24) is 0 Å². The van der Waals surface area contributed by atoms with E-state index in [1.165, 1.54) is 147 Å². The molecule has 0 saturated heterocycles. The molecule has 4 atom stereocenters. The van der Waals surface area contributed by atoms with Gasteiger partial charge in [-0.1, -0.05) is 83.8 Å². The summed E-state index contributed by atoms with van der Waals surface area (Å²) in [6.07, 6.45) is 24.5. The number of aryl methyl sites for hydroxylation is 4. The van der Waals surface area contributed by atoms with Gasteiger partial charge in [0.1, 0.15) is 0 Å². The Balaban J connectivity index is 0.853. The zero-order chi connectivity index (χ0) is 50.1. The zero-order valence-corrected chi connectivity index (χ0v) is 45.0. The molecule has 73 heavy (non-hydrogen) atoms. The molecule has 4 aromatic rings. The topological polar surface area (TPSA) is 90.9 Å². The van der Waals surface area contributed by atoms with Gasteiger partial charge in [-0.15, -0.1) is 0 Å². The van der Waals surface area contributed by atoms with Crippen LogP contribution in [0.4, 0.5) is 22.7 Å². The van der Waals surface area contributed by atoms with Gasteiger partial charge < -0.3 is 10.4 Å². The van der Waals surface area contributed by atoms with Crippen LogP contribution in [0.15, 0.2) is 92.3 Å². The van der Waals surface area contributed by atoms with Gasteiger partial charge in [0.05, 0.1) is 16.8 Å². The molecule has 0 amide bonds. The van der Waals surface area contributed by atoms with E-state index in [2.05, 4.69) is 107 Å². The van der Waals surface area contributed by atoms with E-state index in [0.717, 1.165) is 117 Å². The van der Waals surface area contributed by atoms with Crippen molar-refractivity contribution in [3.8, 4) is 22.3 Å². The van der Waals surface area contributed by atoms with Crippen LogP contribution in [0, 0.1) is 27.7 Å². The van der Waals surface area contributed by atoms with Crippen LogP contribution < -0.4 is 15.4 Å². The number of hydrogen-bond acceptors (Lipinski definition) is 5. The fourth-order valence-corrected chi connectivity index (χ4v) is 15.8. The smallest absolute Gasteiger partial charge is 0.211 e. The number of benzene rings is 4. The lowest BCUT2D eigenvalue weighted by molar-refractivity contribution is -0.351. The van der Waals surface area contributed by atoms with Gasteiger partial charge in [-0.05, 0) is 221 Å². The highest BCUT2D eigenvalue weighted by Gasteiger charge is 2.51. The molecule has 9 aliphatic rings. The maximum Gasteiger partial charge on any atom is 0.211 e. The Morgan fingerprint density at radius 2 is 1.03 bits per heavy atom. The Bertz CT molecular complexity index is 3300. The first kappa shape index (κ1) is 47.1. The molecule has 13 rings (SSSR count). The van der Waals surface area contributed by atoms with Crippen LogP contribution in [0.3, 0.4) is 0 Å². The van der Waals surface area contributed by atoms with Crippen LogP contribution in [-0.4, -0.2) is 22.9 Å². The summed E-state index contributed by atoms with van der Waals surface area (Å²) in [6, 6.07) is 19.3. The number of ketones is 1. The molecule has 0 bridgehead atoms. The van der Waals surface area contributed by atoms with Crippen molar-refractivity contribution >= 4 is 45.7 Å². The van der Waals surface area contributed by atoms with E-state index in [9.17, 15) is 0 Å². The first-order valence-corrected chi connectivity index (χ1v) is 28.9. The minimum absolute atomic E-state index is 0.00139. The van der Waals surface area contributed by atoms with Crippen LogP contribution in [0.1, 0.15) is 212 Å². The summed E-state index contributed by atoms with van der Waals surface area (Å²) in [4.78, 5) is 29.8. The number of nitrogens with one attached hydrogen (secondary N) is 2. The standard InChI is InChI=1S/C67H76N4O2/c1-38-30-42(43-31-39(2)58-50(35-43)65(5)27-19-10-8-17-25-53(65)68-58)34-49-46-22-14-12-15-23-47(61(46)70-57(38)49)55-62(72)56(63(55)73)48-24-16-13-21-29-67(7)52-37-45(33-41(4)60(52)71-64(48)67)44-32-40(3)59-51(36-44)66(6)28-20-11-9-18-26-54(66)69-59/h30-37,46,70,72H,8-29H2,1-7H3/b56-48+,61-47-. The molecule has 3 saturated carbocycles. The number of aliphatic imine (C=N–C) groups is 2. The summed E-state index contributed by atoms with van der Waals surface area (Å²) in [6.45, 7) is 16.3. The minimum Gasteiger partial charge on any atom is -0.871 e. The Morgan fingerprint density at radius 3 is 1.64 bits per heavy atom. The summed E-state index contributed by atoms with van der Waals surface area (Å²) in [7, 11) is 0. The molecule has 376 valence electrons. The molecule has 4 unspecified atom stereocenters. The van der Waals surface area contributed by atoms with Crippen LogP contribution in [-0.2, 0) is 21.0 Å². The monoisotopic (exact) mass is 969 g/mol. The Morgan fingerprint density at radius 1 is 0.534 bits per heavy atom. The van der Waals surface area contributed by atoms with Crippen molar-refractivity contribution in [3.63, 3.8) is 0 Å². The number of nitrogens with zero attached hydrogens (tertiary/aromatic N) is 2. The summed E-state index contributed by atoms with van der Waals surface area (Å²) < 4.78 is 0. The van der Waals surface area contributed by atoms with Crippen molar-refractivity contribution < 1.29 is 14.9 Å². The van der Waals surface area contributed by atoms with E-state index in [-0.39, 0.29) is 33.7 Å². The number of allylic oxidation sites excluding steroid dienone is 5. The summed E-state index contributed by atoms with van der Waals surface area (Å²) in [5.74, 6) is 0.0324. The third-order valence-corrected chi connectivity index (χ3v) is 20.1. The molecule has 0 aromatic heterocycles. The van der Waals surface area contributed by atoms with Crippen LogP contribution in [0.25, 0.3) is 22.3 Å². The predicted molar refractivity (Wildman–Crippen MR) is 299 cm³/mol. The van der Waals surface area contributed by atoms with Gasteiger partial charge in [0, 0.05) is 67.4 Å². The Kier molecular flexibility index (Phi) is 11.3. The second-order valence-corrected chi connectivity index (χ2v) is 24.9. The number of hydrogen-bond donors (Lipinski definition) is 2. The van der Waals surface area contributed by atoms with E-state index in [1.807, 2.05) is 0 Å². The van der Waals surface area contributed by atoms with E-state index < -0.39 is 0 Å². The molecule has 4 aliphatic heterocycles. The third kappa shape index (κ3) is 7.21. The molecule has 4 aromatic carbocycles. The van der Waals surface area contributed by atoms with Gasteiger partial charge in [-0.2, -0.15) is 0 Å². The maximum atomic E-state index is 15.2. The average Bonchev–Trinajstić information content (AvgIpc) is 4.03. The number of anilines is 1. The third-order valence-electron chi connectivity index (χ3n) is 20.1. The van der Waals surface area contributed by atoms with Gasteiger partial charge in [-0.25, -0.2) is 4.99 Å². The zero-order valence-electron chi connectivity index (χ0n) is 45.0. The second-order valence-electron chi connectivity index (χ2n) is 24.9. The van der Waals surface area contributed by atoms with Gasteiger partial charge in [-0.3, -0.25) is 14.8 Å². The largest absolute Gasteiger partial charge is 0.871 e. The highest BCUT2D eigenvalue weighted by molar-refractivity contribution is 6.26. The van der Waals surface area contributed by atoms with Crippen molar-refractivity contribution in [1.29, 1.82) is 0 Å². The summed E-state index contributed by atoms with van der Waals surface area (Å²) >= 11 is 0. The van der Waals surface area contributed by atoms with Crippen LogP contribution in [0.2, 0.25) is 0 Å². The lowest BCUT2D eigenvalue weighted by Crippen LogP contribution is -2.67. The lowest BCUT2D eigenvalue weighted by atomic mass is 9.67. The van der Waals surface area contributed by atoms with E-state index in [1.54, 1.807) is 0 Å². The molecule has 3 fully saturated rings. The molecular formula is C67H76N4O2. The molecule has 2 N–H and O–H groups in total. The van der Waals surface area contributed by atoms with Crippen molar-refractivity contribution in [2.75, 3.05) is 5.32 Å². The first-order valence-electron chi connectivity index (χ1n) is 28.9. The number of Topliss-reactive ketones (excluding diaryl/α,β-unsaturated/α-hetero) is 1. The quantitative estimate of drug-likeness (QED) is 0.200. The Hall–Kier alpha value is -5.62. The van der Waals surface area contributed by atoms with Crippen molar-refractivity contribution in [3.05, 3.63) is 127 Å². The molecule has 4 heterocycles. The van der Waals surface area contributed by atoms with Crippen molar-refractivity contribution in [2.24, 2.45) is 9.98 Å². The SMILES string of the molecule is Cc1cc(-c2cc(C)c3c(c2)C2CCCCC/C(C4=C([O-])/C(=C5/CCCCCC6(C)C5=[NH+]c5c(C)cc(-c7cc(C)c8c(c7)C7(C)CCCCCCC7=N8)cc56)C4=O)=C\2N3)cc2c1N=C1CCCCCCC12C. The van der Waals surface area contributed by atoms with E-state index >= 15 is 9.90 Å². The van der Waals surface area contributed by atoms with Gasteiger partial charge in [0.2, 0.25) is 5.69 Å². The highest BCUT2D eigenvalue weighted by Crippen LogP contribution is 2.55. The average molecular weight is 969 g/mol. The normalized spacial score (nSPS) is 29.5. The lowest BCUT2D eigenvalue weighted by Gasteiger charge is -2.37. The van der Waals surface area contributed by atoms with Gasteiger partial charge in [0.15, 0.2) is 11.5 Å². The predicted octanol–water partition coefficient (Wildman–Crippen LogP) is 15.0. The van der Waals surface area contributed by atoms with E-state index in [4.69, 9.17) is 9.98 Å². The summed E-state index contributed by atoms with van der Waals surface area (Å²) in [5, 5.41) is 19.1. The fourth-order valence-electron chi connectivity index (χ4n) is 15.8. The molecule has 6 nitrogen and oxygen atoms in total. The van der Waals surface area contributed by atoms with Gasteiger partial charge in [0.25, 0.3) is 0 Å². The van der Waals surface area contributed by atoms with Crippen molar-refractivity contribution in [2.45, 2.75) is 212 Å². The number of fused-ring (bicyclic) bond motifs is 12. The van der Waals surface area contributed by atoms with Gasteiger partial charge >= 0.3 is 0 Å². The summed E-state index contributed by atoms with van der Waals surface area (Å²) in [5.41, 5.74) is 27.5. The highest BCUT2D eigenvalue weighted by atomic mass is 16.3. The van der Waals surface area contributed by atoms with Crippen LogP contribution >= 0.6 is 0 Å². The molecule has 0 spiro atoms. The molecular weight excluding hydrogens is 893 g/mol. The number of carbonyl (C=O) groups is 1. The molecule has 5 aliphatic carbocycles. The van der Waals surface area contributed by atoms with Crippen LogP contribution in [0.5, 0.6) is 0 Å². The second kappa shape index (κ2) is 17.5. The van der Waals surface area contributed by atoms with E-state index in [0.29, 0.717) is 11.1 Å². The maximum absolute atomic E-state index is 15.2. The minimum atomic E-state index is -0.348. The molecule has 0 radical (unpaired) electrons. The first-order chi connectivity index (χ1) is 35.3. The number of rotatable bonds is 3. The number of carbonyl (C=O) groups excluding carboxylic acids is 1. The fraction of sp³-hybridized carbons (Fsp3) is 0.493. The molecule has 6 heteroatoms. The Labute approximate surface area is 434 Å².